The van der Waals surface area contributed by atoms with Crippen LogP contribution < -0.4 is 11.1 Å². The second-order valence-corrected chi connectivity index (χ2v) is 5.57. The van der Waals surface area contributed by atoms with E-state index < -0.39 is 0 Å². The Kier molecular flexibility index (Phi) is 3.69. The molecule has 1 aliphatic carbocycles. The fourth-order valence-electron chi connectivity index (χ4n) is 2.92. The van der Waals surface area contributed by atoms with Crippen molar-refractivity contribution < 1.29 is 4.79 Å². The molecule has 1 saturated carbocycles. The number of amides is 1. The normalized spacial score (nSPS) is 23.4. The van der Waals surface area contributed by atoms with Crippen molar-refractivity contribution in [2.75, 3.05) is 5.32 Å². The van der Waals surface area contributed by atoms with Crippen molar-refractivity contribution in [3.63, 3.8) is 0 Å². The van der Waals surface area contributed by atoms with Gasteiger partial charge in [0.2, 0.25) is 5.91 Å². The number of benzene rings is 1. The van der Waals surface area contributed by atoms with E-state index in [-0.39, 0.29) is 17.9 Å². The quantitative estimate of drug-likeness (QED) is 0.734. The van der Waals surface area contributed by atoms with E-state index in [1.807, 2.05) is 18.2 Å². The number of fused-ring (bicyclic) bond motifs is 1. The van der Waals surface area contributed by atoms with Crippen molar-refractivity contribution in [1.29, 1.82) is 0 Å². The third kappa shape index (κ3) is 2.67. The molecular formula is C15H20N4O. The molecule has 1 fully saturated rings. The van der Waals surface area contributed by atoms with Gasteiger partial charge in [0, 0.05) is 17.1 Å². The van der Waals surface area contributed by atoms with Gasteiger partial charge in [0.1, 0.15) is 0 Å². The Balaban J connectivity index is 1.73. The van der Waals surface area contributed by atoms with Crippen LogP contribution in [0.4, 0.5) is 5.69 Å². The van der Waals surface area contributed by atoms with Gasteiger partial charge in [0.15, 0.2) is 0 Å². The van der Waals surface area contributed by atoms with Crippen LogP contribution in [-0.4, -0.2) is 22.1 Å². The van der Waals surface area contributed by atoms with E-state index >= 15 is 0 Å². The second-order valence-electron chi connectivity index (χ2n) is 5.57. The Morgan fingerprint density at radius 3 is 3.05 bits per heavy atom. The predicted molar refractivity (Wildman–Crippen MR) is 79.3 cm³/mol. The molecule has 106 valence electrons. The van der Waals surface area contributed by atoms with Gasteiger partial charge in [-0.1, -0.05) is 19.3 Å². The molecule has 1 amide bonds. The van der Waals surface area contributed by atoms with Crippen LogP contribution in [-0.2, 0) is 4.79 Å². The summed E-state index contributed by atoms with van der Waals surface area (Å²) in [5, 5.41) is 10.9. The summed E-state index contributed by atoms with van der Waals surface area (Å²) in [6.45, 7) is 0. The molecule has 2 atom stereocenters. The lowest BCUT2D eigenvalue weighted by molar-refractivity contribution is -0.120. The summed E-state index contributed by atoms with van der Waals surface area (Å²) in [7, 11) is 0. The maximum Gasteiger partial charge on any atom is 0.229 e. The van der Waals surface area contributed by atoms with Crippen LogP contribution in [0.5, 0.6) is 0 Å². The number of aromatic amines is 1. The first-order chi connectivity index (χ1) is 9.74. The molecule has 2 unspecified atom stereocenters. The molecule has 0 radical (unpaired) electrons. The van der Waals surface area contributed by atoms with Crippen molar-refractivity contribution in [3.05, 3.63) is 24.4 Å². The van der Waals surface area contributed by atoms with Gasteiger partial charge in [-0.3, -0.25) is 9.89 Å². The van der Waals surface area contributed by atoms with Gasteiger partial charge < -0.3 is 11.1 Å². The summed E-state index contributed by atoms with van der Waals surface area (Å²) in [6, 6.07) is 5.72. The molecule has 1 aromatic carbocycles. The summed E-state index contributed by atoms with van der Waals surface area (Å²) in [5.74, 6) is -0.0280. The third-order valence-electron chi connectivity index (χ3n) is 4.11. The lowest BCUT2D eigenvalue weighted by Gasteiger charge is -2.20. The molecule has 1 aromatic heterocycles. The first-order valence-electron chi connectivity index (χ1n) is 7.23. The summed E-state index contributed by atoms with van der Waals surface area (Å²) >= 11 is 0. The molecule has 4 N–H and O–H groups in total. The van der Waals surface area contributed by atoms with Crippen LogP contribution in [0, 0.1) is 5.92 Å². The second kappa shape index (κ2) is 5.63. The molecule has 0 spiro atoms. The number of H-pyrrole nitrogens is 1. The van der Waals surface area contributed by atoms with Gasteiger partial charge in [-0.15, -0.1) is 0 Å². The van der Waals surface area contributed by atoms with Crippen molar-refractivity contribution >= 4 is 22.5 Å². The molecular weight excluding hydrogens is 252 g/mol. The van der Waals surface area contributed by atoms with Crippen LogP contribution >= 0.6 is 0 Å². The number of nitrogens with two attached hydrogens (primary N) is 1. The minimum absolute atomic E-state index is 0.0184. The smallest absolute Gasteiger partial charge is 0.229 e. The number of carbonyl (C=O) groups is 1. The number of aromatic nitrogens is 2. The molecule has 5 nitrogen and oxygen atoms in total. The Morgan fingerprint density at radius 2 is 2.15 bits per heavy atom. The van der Waals surface area contributed by atoms with Gasteiger partial charge in [-0.05, 0) is 31.0 Å². The van der Waals surface area contributed by atoms with Crippen molar-refractivity contribution in [2.45, 2.75) is 38.1 Å². The minimum atomic E-state index is -0.0717. The lowest BCUT2D eigenvalue weighted by atomic mass is 9.94. The van der Waals surface area contributed by atoms with E-state index in [0.29, 0.717) is 0 Å². The number of nitrogens with zero attached hydrogens (tertiary/aromatic N) is 1. The summed E-state index contributed by atoms with van der Waals surface area (Å²) < 4.78 is 0. The molecule has 0 saturated heterocycles. The zero-order valence-corrected chi connectivity index (χ0v) is 11.4. The lowest BCUT2D eigenvalue weighted by Crippen LogP contribution is -2.37. The fourth-order valence-corrected chi connectivity index (χ4v) is 2.92. The van der Waals surface area contributed by atoms with E-state index in [2.05, 4.69) is 15.5 Å². The number of carbonyl (C=O) groups excluding carboxylic acids is 1. The van der Waals surface area contributed by atoms with Crippen molar-refractivity contribution in [3.8, 4) is 0 Å². The highest BCUT2D eigenvalue weighted by Gasteiger charge is 2.26. The van der Waals surface area contributed by atoms with Crippen LogP contribution in [0.3, 0.4) is 0 Å². The van der Waals surface area contributed by atoms with Crippen LogP contribution in [0.15, 0.2) is 24.4 Å². The van der Waals surface area contributed by atoms with Gasteiger partial charge in [0.05, 0.1) is 17.6 Å². The minimum Gasteiger partial charge on any atom is -0.327 e. The summed E-state index contributed by atoms with van der Waals surface area (Å²) in [6.07, 6.45) is 6.99. The standard InChI is InChI=1S/C15H20N4O/c16-13-5-3-1-2-4-12(13)15(20)18-11-6-7-14-10(8-11)9-17-19-14/h6-9,12-13H,1-5,16H2,(H,17,19)(H,18,20). The van der Waals surface area contributed by atoms with Crippen LogP contribution in [0.2, 0.25) is 0 Å². The molecule has 1 aliphatic rings. The topological polar surface area (TPSA) is 83.8 Å². The van der Waals surface area contributed by atoms with Gasteiger partial charge >= 0.3 is 0 Å². The zero-order chi connectivity index (χ0) is 13.9. The Bertz CT molecular complexity index is 607. The first kappa shape index (κ1) is 13.1. The molecule has 0 bridgehead atoms. The third-order valence-corrected chi connectivity index (χ3v) is 4.11. The average Bonchev–Trinajstić information content (AvgIpc) is 2.79. The molecule has 0 aliphatic heterocycles. The summed E-state index contributed by atoms with van der Waals surface area (Å²) in [5.41, 5.74) is 7.90. The Morgan fingerprint density at radius 1 is 1.30 bits per heavy atom. The van der Waals surface area contributed by atoms with E-state index in [9.17, 15) is 4.79 Å². The maximum absolute atomic E-state index is 12.4. The highest BCUT2D eigenvalue weighted by molar-refractivity contribution is 5.95. The Labute approximate surface area is 117 Å². The molecule has 5 heteroatoms. The SMILES string of the molecule is NC1CCCCCC1C(=O)Nc1ccc2[nH]ncc2c1. The monoisotopic (exact) mass is 272 g/mol. The maximum atomic E-state index is 12.4. The number of rotatable bonds is 2. The van der Waals surface area contributed by atoms with Crippen LogP contribution in [0.25, 0.3) is 10.9 Å². The summed E-state index contributed by atoms with van der Waals surface area (Å²) in [4.78, 5) is 12.4. The first-order valence-corrected chi connectivity index (χ1v) is 7.23. The predicted octanol–water partition coefficient (Wildman–Crippen LogP) is 2.41. The molecule has 2 aromatic rings. The molecule has 20 heavy (non-hydrogen) atoms. The van der Waals surface area contributed by atoms with Crippen molar-refractivity contribution in [1.82, 2.24) is 10.2 Å². The van der Waals surface area contributed by atoms with E-state index in [1.165, 1.54) is 6.42 Å². The number of hydrogen-bond donors (Lipinski definition) is 3. The molecule has 1 heterocycles. The highest BCUT2D eigenvalue weighted by atomic mass is 16.1. The van der Waals surface area contributed by atoms with Crippen LogP contribution in [0.1, 0.15) is 32.1 Å². The van der Waals surface area contributed by atoms with Crippen molar-refractivity contribution in [2.24, 2.45) is 11.7 Å². The zero-order valence-electron chi connectivity index (χ0n) is 11.4. The van der Waals surface area contributed by atoms with E-state index in [0.717, 1.165) is 42.3 Å². The number of anilines is 1. The Hall–Kier alpha value is -1.88. The average molecular weight is 272 g/mol. The van der Waals surface area contributed by atoms with Gasteiger partial charge in [-0.2, -0.15) is 5.10 Å². The van der Waals surface area contributed by atoms with E-state index in [4.69, 9.17) is 5.73 Å². The number of nitrogens with one attached hydrogen (secondary N) is 2. The largest absolute Gasteiger partial charge is 0.327 e. The van der Waals surface area contributed by atoms with E-state index in [1.54, 1.807) is 6.20 Å². The number of hydrogen-bond acceptors (Lipinski definition) is 3. The van der Waals surface area contributed by atoms with Gasteiger partial charge in [0.25, 0.3) is 0 Å². The highest BCUT2D eigenvalue weighted by Crippen LogP contribution is 2.24. The molecule has 3 rings (SSSR count). The fraction of sp³-hybridized carbons (Fsp3) is 0.467. The van der Waals surface area contributed by atoms with Gasteiger partial charge in [-0.25, -0.2) is 0 Å².